The van der Waals surface area contributed by atoms with E-state index in [0.717, 1.165) is 16.6 Å². The first-order valence-corrected chi connectivity index (χ1v) is 7.99. The Morgan fingerprint density at radius 2 is 2.17 bits per heavy atom. The van der Waals surface area contributed by atoms with E-state index in [4.69, 9.17) is 4.74 Å². The van der Waals surface area contributed by atoms with Crippen molar-refractivity contribution in [1.82, 2.24) is 20.1 Å². The predicted octanol–water partition coefficient (Wildman–Crippen LogP) is 2.48. The topological polar surface area (TPSA) is 71.1 Å². The van der Waals surface area contributed by atoms with Crippen LogP contribution in [0, 0.1) is 6.92 Å². The van der Waals surface area contributed by atoms with Gasteiger partial charge in [-0.1, -0.05) is 30.3 Å². The van der Waals surface area contributed by atoms with Crippen molar-refractivity contribution in [2.24, 2.45) is 0 Å². The molecule has 1 N–H and O–H groups in total. The second kappa shape index (κ2) is 6.05. The summed E-state index contributed by atoms with van der Waals surface area (Å²) in [6.45, 7) is 3.59. The van der Waals surface area contributed by atoms with Gasteiger partial charge >= 0.3 is 0 Å². The van der Waals surface area contributed by atoms with Gasteiger partial charge in [0.15, 0.2) is 5.65 Å². The lowest BCUT2D eigenvalue weighted by molar-refractivity contribution is -0.0228. The van der Waals surface area contributed by atoms with Crippen LogP contribution in [0.5, 0.6) is 0 Å². The maximum Gasteiger partial charge on any atom is 0.255 e. The van der Waals surface area contributed by atoms with E-state index in [1.54, 1.807) is 6.20 Å². The van der Waals surface area contributed by atoms with Gasteiger partial charge in [-0.2, -0.15) is 5.10 Å². The third kappa shape index (κ3) is 2.65. The van der Waals surface area contributed by atoms with Gasteiger partial charge in [0.2, 0.25) is 0 Å². The zero-order valence-corrected chi connectivity index (χ0v) is 13.4. The maximum absolute atomic E-state index is 12.9. The lowest BCUT2D eigenvalue weighted by atomic mass is 10.1. The highest BCUT2D eigenvalue weighted by molar-refractivity contribution is 5.97. The number of benzene rings is 1. The fourth-order valence-electron chi connectivity index (χ4n) is 3.02. The monoisotopic (exact) mass is 322 g/mol. The SMILES string of the molecule is Cc1[nH]nc2ncc(C(=O)N3CCOC(c4ccccc4)C3)cc12. The van der Waals surface area contributed by atoms with Crippen LogP contribution in [0.15, 0.2) is 42.6 Å². The normalized spacial score (nSPS) is 18.0. The van der Waals surface area contributed by atoms with Gasteiger partial charge in [0, 0.05) is 23.8 Å². The van der Waals surface area contributed by atoms with E-state index in [0.29, 0.717) is 30.9 Å². The van der Waals surface area contributed by atoms with Crippen LogP contribution in [0.4, 0.5) is 0 Å². The van der Waals surface area contributed by atoms with Crippen LogP contribution in [-0.4, -0.2) is 45.7 Å². The second-order valence-corrected chi connectivity index (χ2v) is 5.97. The number of ether oxygens (including phenoxy) is 1. The van der Waals surface area contributed by atoms with E-state index >= 15 is 0 Å². The zero-order chi connectivity index (χ0) is 16.5. The Balaban J connectivity index is 1.57. The maximum atomic E-state index is 12.9. The van der Waals surface area contributed by atoms with E-state index in [-0.39, 0.29) is 12.0 Å². The van der Waals surface area contributed by atoms with Crippen LogP contribution in [0.25, 0.3) is 11.0 Å². The van der Waals surface area contributed by atoms with Gasteiger partial charge in [-0.25, -0.2) is 4.98 Å². The fraction of sp³-hybridized carbons (Fsp3) is 0.278. The van der Waals surface area contributed by atoms with Crippen LogP contribution in [0.1, 0.15) is 27.7 Å². The zero-order valence-electron chi connectivity index (χ0n) is 13.4. The minimum absolute atomic E-state index is 0.0192. The van der Waals surface area contributed by atoms with Gasteiger partial charge in [0.1, 0.15) is 6.10 Å². The minimum atomic E-state index is -0.0868. The highest BCUT2D eigenvalue weighted by Gasteiger charge is 2.26. The Hall–Kier alpha value is -2.73. The molecule has 1 aliphatic rings. The molecule has 0 spiro atoms. The van der Waals surface area contributed by atoms with Crippen molar-refractivity contribution in [1.29, 1.82) is 0 Å². The quantitative estimate of drug-likeness (QED) is 0.787. The van der Waals surface area contributed by atoms with E-state index in [1.807, 2.05) is 48.2 Å². The number of morpholine rings is 1. The van der Waals surface area contributed by atoms with Gasteiger partial charge in [-0.15, -0.1) is 0 Å². The highest BCUT2D eigenvalue weighted by atomic mass is 16.5. The van der Waals surface area contributed by atoms with Crippen molar-refractivity contribution >= 4 is 16.9 Å². The summed E-state index contributed by atoms with van der Waals surface area (Å²) in [5.74, 6) is -0.0192. The number of aromatic amines is 1. The number of aromatic nitrogens is 3. The first-order valence-electron chi connectivity index (χ1n) is 7.99. The molecule has 1 unspecified atom stereocenters. The Morgan fingerprint density at radius 1 is 1.33 bits per heavy atom. The van der Waals surface area contributed by atoms with Gasteiger partial charge in [-0.3, -0.25) is 9.89 Å². The summed E-state index contributed by atoms with van der Waals surface area (Å²) < 4.78 is 5.83. The average Bonchev–Trinajstić information content (AvgIpc) is 3.02. The standard InChI is InChI=1S/C18H18N4O2/c1-12-15-9-14(10-19-17(15)21-20-12)18(23)22-7-8-24-16(11-22)13-5-3-2-4-6-13/h2-6,9-10,16H,7-8,11H2,1H3,(H,19,20,21). The first-order chi connectivity index (χ1) is 11.7. The molecule has 1 fully saturated rings. The number of amides is 1. The molecule has 4 rings (SSSR count). The molecule has 0 aliphatic carbocycles. The number of fused-ring (bicyclic) bond motifs is 1. The molecule has 6 heteroatoms. The Kier molecular flexibility index (Phi) is 3.74. The number of aryl methyl sites for hydroxylation is 1. The smallest absolute Gasteiger partial charge is 0.255 e. The number of hydrogen-bond donors (Lipinski definition) is 1. The van der Waals surface area contributed by atoms with Crippen LogP contribution in [0.2, 0.25) is 0 Å². The van der Waals surface area contributed by atoms with Crippen molar-refractivity contribution in [2.45, 2.75) is 13.0 Å². The molecule has 6 nitrogen and oxygen atoms in total. The molecule has 0 radical (unpaired) electrons. The molecular formula is C18H18N4O2. The number of hydrogen-bond acceptors (Lipinski definition) is 4. The predicted molar refractivity (Wildman–Crippen MR) is 89.7 cm³/mol. The number of nitrogens with one attached hydrogen (secondary N) is 1. The number of carbonyl (C=O) groups is 1. The van der Waals surface area contributed by atoms with Gasteiger partial charge in [0.05, 0.1) is 18.7 Å². The Morgan fingerprint density at radius 3 is 3.00 bits per heavy atom. The molecule has 1 amide bonds. The van der Waals surface area contributed by atoms with E-state index in [2.05, 4.69) is 15.2 Å². The number of rotatable bonds is 2. The molecule has 24 heavy (non-hydrogen) atoms. The third-order valence-corrected chi connectivity index (χ3v) is 4.37. The van der Waals surface area contributed by atoms with Crippen molar-refractivity contribution in [2.75, 3.05) is 19.7 Å². The number of carbonyl (C=O) groups excluding carboxylic acids is 1. The van der Waals surface area contributed by atoms with Gasteiger partial charge < -0.3 is 9.64 Å². The van der Waals surface area contributed by atoms with Crippen LogP contribution in [0.3, 0.4) is 0 Å². The summed E-state index contributed by atoms with van der Waals surface area (Å²) in [6.07, 6.45) is 1.51. The van der Waals surface area contributed by atoms with Crippen molar-refractivity contribution in [3.05, 3.63) is 59.4 Å². The summed E-state index contributed by atoms with van der Waals surface area (Å²) in [7, 11) is 0. The highest BCUT2D eigenvalue weighted by Crippen LogP contribution is 2.23. The number of nitrogens with zero attached hydrogens (tertiary/aromatic N) is 3. The minimum Gasteiger partial charge on any atom is -0.370 e. The summed E-state index contributed by atoms with van der Waals surface area (Å²) in [5.41, 5.74) is 3.22. The summed E-state index contributed by atoms with van der Waals surface area (Å²) in [5, 5.41) is 7.88. The van der Waals surface area contributed by atoms with Gasteiger partial charge in [0.25, 0.3) is 5.91 Å². The summed E-state index contributed by atoms with van der Waals surface area (Å²) in [4.78, 5) is 19.0. The summed E-state index contributed by atoms with van der Waals surface area (Å²) in [6, 6.07) is 11.9. The lowest BCUT2D eigenvalue weighted by Crippen LogP contribution is -2.42. The van der Waals surface area contributed by atoms with Crippen molar-refractivity contribution in [3.63, 3.8) is 0 Å². The third-order valence-electron chi connectivity index (χ3n) is 4.37. The van der Waals surface area contributed by atoms with Crippen molar-refractivity contribution in [3.8, 4) is 0 Å². The molecule has 1 aromatic carbocycles. The van der Waals surface area contributed by atoms with Crippen LogP contribution >= 0.6 is 0 Å². The molecule has 122 valence electrons. The Bertz CT molecular complexity index is 875. The molecule has 3 aromatic rings. The molecular weight excluding hydrogens is 304 g/mol. The van der Waals surface area contributed by atoms with E-state index in [1.165, 1.54) is 0 Å². The molecule has 0 bridgehead atoms. The lowest BCUT2D eigenvalue weighted by Gasteiger charge is -2.33. The van der Waals surface area contributed by atoms with Crippen LogP contribution in [-0.2, 0) is 4.74 Å². The molecule has 0 saturated carbocycles. The largest absolute Gasteiger partial charge is 0.370 e. The number of pyridine rings is 1. The number of H-pyrrole nitrogens is 1. The molecule has 1 atom stereocenters. The van der Waals surface area contributed by atoms with Crippen molar-refractivity contribution < 1.29 is 9.53 Å². The van der Waals surface area contributed by atoms with Gasteiger partial charge in [-0.05, 0) is 18.6 Å². The molecule has 2 aromatic heterocycles. The molecule has 3 heterocycles. The second-order valence-electron chi connectivity index (χ2n) is 5.97. The fourth-order valence-corrected chi connectivity index (χ4v) is 3.02. The Labute approximate surface area is 139 Å². The average molecular weight is 322 g/mol. The van der Waals surface area contributed by atoms with E-state index < -0.39 is 0 Å². The van der Waals surface area contributed by atoms with E-state index in [9.17, 15) is 4.79 Å². The molecule has 1 saturated heterocycles. The first kappa shape index (κ1) is 14.8. The summed E-state index contributed by atoms with van der Waals surface area (Å²) >= 11 is 0. The van der Waals surface area contributed by atoms with Crippen LogP contribution < -0.4 is 0 Å². The molecule has 1 aliphatic heterocycles.